The average molecular weight is 264 g/mol. The molecule has 0 atom stereocenters. The van der Waals surface area contributed by atoms with Crippen molar-refractivity contribution in [3.63, 3.8) is 0 Å². The molecule has 0 saturated carbocycles. The second kappa shape index (κ2) is 6.57. The molecular weight excluding hydrogens is 246 g/mol. The molecule has 0 spiro atoms. The van der Waals surface area contributed by atoms with Crippen LogP contribution in [0.25, 0.3) is 0 Å². The molecule has 0 unspecified atom stereocenters. The van der Waals surface area contributed by atoms with Crippen LogP contribution in [0, 0.1) is 6.92 Å². The number of halogens is 1. The van der Waals surface area contributed by atoms with Crippen LogP contribution in [0.1, 0.15) is 23.4 Å². The van der Waals surface area contributed by atoms with Gasteiger partial charge in [-0.25, -0.2) is 4.98 Å². The summed E-state index contributed by atoms with van der Waals surface area (Å²) in [7, 11) is 0. The van der Waals surface area contributed by atoms with Crippen LogP contribution >= 0.6 is 11.6 Å². The molecule has 0 saturated heterocycles. The zero-order valence-corrected chi connectivity index (χ0v) is 11.3. The van der Waals surface area contributed by atoms with Gasteiger partial charge in [0.1, 0.15) is 5.82 Å². The topological polar surface area (TPSA) is 40.7 Å². The molecular formula is C14H18ClN3. The van der Waals surface area contributed by atoms with Gasteiger partial charge >= 0.3 is 0 Å². The number of hydrogen-bond acceptors (Lipinski definition) is 2. The largest absolute Gasteiger partial charge is 0.349 e. The summed E-state index contributed by atoms with van der Waals surface area (Å²) in [6, 6.07) is 6.19. The Labute approximate surface area is 113 Å². The molecule has 0 aliphatic heterocycles. The SMILES string of the molecule is Cc1ccc(CNCCCc2ncc[nH]2)cc1Cl. The summed E-state index contributed by atoms with van der Waals surface area (Å²) in [6.07, 6.45) is 5.70. The lowest BCUT2D eigenvalue weighted by atomic mass is 10.1. The van der Waals surface area contributed by atoms with Gasteiger partial charge in [0.05, 0.1) is 0 Å². The van der Waals surface area contributed by atoms with E-state index in [0.29, 0.717) is 0 Å². The van der Waals surface area contributed by atoms with E-state index in [-0.39, 0.29) is 0 Å². The summed E-state index contributed by atoms with van der Waals surface area (Å²) >= 11 is 6.08. The Morgan fingerprint density at radius 3 is 3.00 bits per heavy atom. The fourth-order valence-electron chi connectivity index (χ4n) is 1.79. The fourth-order valence-corrected chi connectivity index (χ4v) is 2.00. The van der Waals surface area contributed by atoms with Gasteiger partial charge in [0.2, 0.25) is 0 Å². The number of nitrogens with one attached hydrogen (secondary N) is 2. The highest BCUT2D eigenvalue weighted by Crippen LogP contribution is 2.16. The van der Waals surface area contributed by atoms with Gasteiger partial charge in [-0.15, -0.1) is 0 Å². The van der Waals surface area contributed by atoms with Crippen LogP contribution in [0.3, 0.4) is 0 Å². The molecule has 1 aromatic carbocycles. The van der Waals surface area contributed by atoms with Crippen LogP contribution in [0.15, 0.2) is 30.6 Å². The second-order valence-electron chi connectivity index (χ2n) is 4.40. The number of hydrogen-bond donors (Lipinski definition) is 2. The van der Waals surface area contributed by atoms with E-state index in [1.54, 1.807) is 6.20 Å². The predicted molar refractivity (Wildman–Crippen MR) is 74.8 cm³/mol. The maximum Gasteiger partial charge on any atom is 0.106 e. The Balaban J connectivity index is 1.67. The molecule has 3 nitrogen and oxygen atoms in total. The zero-order valence-electron chi connectivity index (χ0n) is 10.5. The van der Waals surface area contributed by atoms with Crippen LogP contribution in [0.2, 0.25) is 5.02 Å². The molecule has 1 aromatic heterocycles. The van der Waals surface area contributed by atoms with E-state index in [1.807, 2.05) is 19.2 Å². The van der Waals surface area contributed by atoms with E-state index < -0.39 is 0 Å². The Hall–Kier alpha value is -1.32. The molecule has 0 aliphatic carbocycles. The number of aryl methyl sites for hydroxylation is 2. The number of benzene rings is 1. The third-order valence-electron chi connectivity index (χ3n) is 2.89. The van der Waals surface area contributed by atoms with Crippen molar-refractivity contribution >= 4 is 11.6 Å². The van der Waals surface area contributed by atoms with E-state index in [9.17, 15) is 0 Å². The molecule has 2 N–H and O–H groups in total. The monoisotopic (exact) mass is 263 g/mol. The van der Waals surface area contributed by atoms with Gasteiger partial charge in [0.15, 0.2) is 0 Å². The number of H-pyrrole nitrogens is 1. The van der Waals surface area contributed by atoms with Crippen molar-refractivity contribution in [2.75, 3.05) is 6.54 Å². The maximum absolute atomic E-state index is 6.08. The van der Waals surface area contributed by atoms with Gasteiger partial charge in [-0.1, -0.05) is 23.7 Å². The lowest BCUT2D eigenvalue weighted by Crippen LogP contribution is -2.15. The summed E-state index contributed by atoms with van der Waals surface area (Å²) in [5.74, 6) is 1.05. The number of aromatic amines is 1. The Bertz CT molecular complexity index is 480. The van der Waals surface area contributed by atoms with Gasteiger partial charge in [-0.05, 0) is 37.1 Å². The van der Waals surface area contributed by atoms with Gasteiger partial charge in [-0.2, -0.15) is 0 Å². The summed E-state index contributed by atoms with van der Waals surface area (Å²) in [5, 5.41) is 4.25. The second-order valence-corrected chi connectivity index (χ2v) is 4.81. The minimum Gasteiger partial charge on any atom is -0.349 e. The van der Waals surface area contributed by atoms with Crippen LogP contribution in [0.4, 0.5) is 0 Å². The third kappa shape index (κ3) is 3.86. The molecule has 0 fully saturated rings. The molecule has 0 amide bonds. The Morgan fingerprint density at radius 1 is 1.39 bits per heavy atom. The quantitative estimate of drug-likeness (QED) is 0.787. The third-order valence-corrected chi connectivity index (χ3v) is 3.29. The molecule has 18 heavy (non-hydrogen) atoms. The Morgan fingerprint density at radius 2 is 2.28 bits per heavy atom. The van der Waals surface area contributed by atoms with Crippen molar-refractivity contribution in [1.82, 2.24) is 15.3 Å². The van der Waals surface area contributed by atoms with Crippen molar-refractivity contribution < 1.29 is 0 Å². The van der Waals surface area contributed by atoms with Crippen molar-refractivity contribution in [1.29, 1.82) is 0 Å². The number of aromatic nitrogens is 2. The first-order valence-electron chi connectivity index (χ1n) is 6.20. The molecule has 1 heterocycles. The predicted octanol–water partition coefficient (Wildman–Crippen LogP) is 3.09. The minimum absolute atomic E-state index is 0.838. The van der Waals surface area contributed by atoms with Gasteiger partial charge < -0.3 is 10.3 Å². The number of imidazole rings is 1. The van der Waals surface area contributed by atoms with Crippen LogP contribution in [-0.2, 0) is 13.0 Å². The molecule has 0 aliphatic rings. The summed E-state index contributed by atoms with van der Waals surface area (Å²) < 4.78 is 0. The first-order chi connectivity index (χ1) is 8.75. The molecule has 0 bridgehead atoms. The van der Waals surface area contributed by atoms with Gasteiger partial charge in [-0.3, -0.25) is 0 Å². The minimum atomic E-state index is 0.838. The molecule has 96 valence electrons. The highest BCUT2D eigenvalue weighted by Gasteiger charge is 1.98. The van der Waals surface area contributed by atoms with Crippen molar-refractivity contribution in [2.24, 2.45) is 0 Å². The van der Waals surface area contributed by atoms with Crippen LogP contribution in [0.5, 0.6) is 0 Å². The van der Waals surface area contributed by atoms with Crippen LogP contribution in [-0.4, -0.2) is 16.5 Å². The lowest BCUT2D eigenvalue weighted by Gasteiger charge is -2.06. The van der Waals surface area contributed by atoms with E-state index >= 15 is 0 Å². The average Bonchev–Trinajstić information content (AvgIpc) is 2.86. The normalized spacial score (nSPS) is 10.8. The smallest absolute Gasteiger partial charge is 0.106 e. The van der Waals surface area contributed by atoms with E-state index in [1.165, 1.54) is 5.56 Å². The van der Waals surface area contributed by atoms with E-state index in [4.69, 9.17) is 11.6 Å². The summed E-state index contributed by atoms with van der Waals surface area (Å²) in [4.78, 5) is 7.30. The van der Waals surface area contributed by atoms with E-state index in [2.05, 4.69) is 27.4 Å². The standard InChI is InChI=1S/C14H18ClN3/c1-11-4-5-12(9-13(11)15)10-16-6-2-3-14-17-7-8-18-14/h4-5,7-9,16H,2-3,6,10H2,1H3,(H,17,18). The molecule has 2 rings (SSSR count). The first kappa shape index (κ1) is 13.1. The first-order valence-corrected chi connectivity index (χ1v) is 6.57. The molecule has 0 radical (unpaired) electrons. The van der Waals surface area contributed by atoms with Crippen LogP contribution < -0.4 is 5.32 Å². The van der Waals surface area contributed by atoms with Crippen molar-refractivity contribution in [3.8, 4) is 0 Å². The highest BCUT2D eigenvalue weighted by atomic mass is 35.5. The maximum atomic E-state index is 6.08. The number of nitrogens with zero attached hydrogens (tertiary/aromatic N) is 1. The van der Waals surface area contributed by atoms with Gasteiger partial charge in [0.25, 0.3) is 0 Å². The summed E-state index contributed by atoms with van der Waals surface area (Å²) in [5.41, 5.74) is 2.35. The summed E-state index contributed by atoms with van der Waals surface area (Å²) in [6.45, 7) is 3.85. The van der Waals surface area contributed by atoms with Crippen molar-refractivity contribution in [3.05, 3.63) is 52.6 Å². The molecule has 2 aromatic rings. The highest BCUT2D eigenvalue weighted by molar-refractivity contribution is 6.31. The van der Waals surface area contributed by atoms with E-state index in [0.717, 1.165) is 42.3 Å². The zero-order chi connectivity index (χ0) is 12.8. The van der Waals surface area contributed by atoms with Gasteiger partial charge in [0, 0.05) is 30.4 Å². The number of rotatable bonds is 6. The van der Waals surface area contributed by atoms with Crippen molar-refractivity contribution in [2.45, 2.75) is 26.3 Å². The molecule has 4 heteroatoms. The lowest BCUT2D eigenvalue weighted by molar-refractivity contribution is 0.641. The fraction of sp³-hybridized carbons (Fsp3) is 0.357. The Kier molecular flexibility index (Phi) is 4.79.